The Morgan fingerprint density at radius 3 is 2.03 bits per heavy atom. The molecule has 0 amide bonds. The average molecular weight is 637 g/mol. The van der Waals surface area contributed by atoms with E-state index in [1.54, 1.807) is 20.9 Å². The zero-order valence-corrected chi connectivity index (χ0v) is 28.9. The van der Waals surface area contributed by atoms with E-state index in [4.69, 9.17) is 0 Å². The fourth-order valence-electron chi connectivity index (χ4n) is 6.15. The molecule has 0 fully saturated rings. The maximum absolute atomic E-state index is 2.58. The maximum Gasteiger partial charge on any atom is -1.00 e. The van der Waals surface area contributed by atoms with Crippen molar-refractivity contribution in [1.82, 2.24) is 0 Å². The second kappa shape index (κ2) is 11.8. The fourth-order valence-corrected chi connectivity index (χ4v) is 14.7. The Kier molecular flexibility index (Phi) is 9.65. The van der Waals surface area contributed by atoms with Gasteiger partial charge in [0.25, 0.3) is 0 Å². The Balaban J connectivity index is 0.00000210. The molecule has 0 bridgehead atoms. The molecule has 3 heteroatoms. The first kappa shape index (κ1) is 32.0. The van der Waals surface area contributed by atoms with Gasteiger partial charge in [-0.2, -0.15) is 0 Å². The molecule has 1 unspecified atom stereocenters. The summed E-state index contributed by atoms with van der Waals surface area (Å²) in [6.45, 7) is 21.5. The molecule has 39 heavy (non-hydrogen) atoms. The number of rotatable bonds is 3. The number of allylic oxidation sites excluding steroid dienone is 4. The van der Waals surface area contributed by atoms with E-state index in [1.165, 1.54) is 33.4 Å². The van der Waals surface area contributed by atoms with E-state index in [9.17, 15) is 0 Å². The van der Waals surface area contributed by atoms with E-state index in [0.29, 0.717) is 5.92 Å². The van der Waals surface area contributed by atoms with E-state index in [-0.39, 0.29) is 35.6 Å². The Morgan fingerprint density at radius 1 is 0.795 bits per heavy atom. The molecule has 3 aromatic rings. The van der Waals surface area contributed by atoms with Crippen LogP contribution in [0.4, 0.5) is 0 Å². The van der Waals surface area contributed by atoms with Gasteiger partial charge < -0.3 is 24.8 Å². The third-order valence-electron chi connectivity index (χ3n) is 8.13. The summed E-state index contributed by atoms with van der Waals surface area (Å²) in [6.07, 6.45) is 6.16. The molecular formula is C36H42Cl2Zr. The van der Waals surface area contributed by atoms with Gasteiger partial charge in [0.1, 0.15) is 0 Å². The molecule has 0 saturated heterocycles. The largest absolute Gasteiger partial charge is 1.00 e. The smallest absolute Gasteiger partial charge is 1.00 e. The van der Waals surface area contributed by atoms with Crippen LogP contribution in [0.2, 0.25) is 0 Å². The zero-order valence-electron chi connectivity index (χ0n) is 25.0. The number of benzene rings is 3. The van der Waals surface area contributed by atoms with E-state index in [1.807, 2.05) is 0 Å². The first-order valence-corrected chi connectivity index (χ1v) is 17.5. The van der Waals surface area contributed by atoms with E-state index in [0.717, 1.165) is 6.42 Å². The molecule has 0 nitrogen and oxygen atoms in total. The van der Waals surface area contributed by atoms with Crippen molar-refractivity contribution < 1.29 is 46.1 Å². The number of fused-ring (bicyclic) bond motifs is 3. The van der Waals surface area contributed by atoms with Gasteiger partial charge in [-0.25, -0.2) is 0 Å². The topological polar surface area (TPSA) is 0 Å². The van der Waals surface area contributed by atoms with Crippen LogP contribution < -0.4 is 28.1 Å². The molecule has 2 aliphatic rings. The number of hydrogen-bond acceptors (Lipinski definition) is 0. The summed E-state index contributed by atoms with van der Waals surface area (Å²) >= 11 is -2.36. The first-order valence-electron chi connectivity index (χ1n) is 13.8. The molecule has 0 aromatic heterocycles. The van der Waals surface area contributed by atoms with Crippen LogP contribution in [0, 0.1) is 5.92 Å². The van der Waals surface area contributed by atoms with Crippen LogP contribution in [0.15, 0.2) is 76.1 Å². The van der Waals surface area contributed by atoms with Crippen molar-refractivity contribution in [3.05, 3.63) is 104 Å². The van der Waals surface area contributed by atoms with Crippen LogP contribution in [-0.2, 0) is 38.5 Å². The molecule has 204 valence electrons. The van der Waals surface area contributed by atoms with Gasteiger partial charge in [-0.3, -0.25) is 0 Å². The van der Waals surface area contributed by atoms with Crippen molar-refractivity contribution in [2.24, 2.45) is 5.92 Å². The monoisotopic (exact) mass is 634 g/mol. The first-order chi connectivity index (χ1) is 17.4. The summed E-state index contributed by atoms with van der Waals surface area (Å²) in [5, 5.41) is 0. The van der Waals surface area contributed by atoms with Crippen LogP contribution in [0.25, 0.3) is 16.7 Å². The number of halogens is 2. The van der Waals surface area contributed by atoms with Gasteiger partial charge in [0.2, 0.25) is 0 Å². The van der Waals surface area contributed by atoms with Crippen molar-refractivity contribution >= 4 is 12.1 Å². The van der Waals surface area contributed by atoms with Gasteiger partial charge in [0, 0.05) is 0 Å². The zero-order chi connectivity index (χ0) is 26.7. The summed E-state index contributed by atoms with van der Waals surface area (Å²) in [7, 11) is 0. The summed E-state index contributed by atoms with van der Waals surface area (Å²) < 4.78 is 5.15. The van der Waals surface area contributed by atoms with Gasteiger partial charge in [-0.05, 0) is 0 Å². The average Bonchev–Trinajstić information content (AvgIpc) is 3.39. The maximum atomic E-state index is 2.58. The summed E-state index contributed by atoms with van der Waals surface area (Å²) in [5.74, 6) is 0.499. The third-order valence-corrected chi connectivity index (χ3v) is 16.1. The Morgan fingerprint density at radius 2 is 1.44 bits per heavy atom. The van der Waals surface area contributed by atoms with Crippen molar-refractivity contribution in [1.29, 1.82) is 0 Å². The van der Waals surface area contributed by atoms with E-state index < -0.39 is 21.3 Å². The van der Waals surface area contributed by atoms with E-state index >= 15 is 0 Å². The predicted octanol–water partition coefficient (Wildman–Crippen LogP) is 2.93. The third kappa shape index (κ3) is 6.07. The SMILES string of the molecule is C[C](C)=[Zr+2]([C]1=CC(c2ccccc2)=CC1C)[c]1c(C(C)(C)C)ccc2c1Cc1cc(C(C)(C)C)ccc1-2.[Cl-].[Cl-]. The Hall–Kier alpha value is -1.53. The van der Waals surface area contributed by atoms with Gasteiger partial charge in [0.05, 0.1) is 0 Å². The molecule has 5 rings (SSSR count). The summed E-state index contributed by atoms with van der Waals surface area (Å²) in [6, 6.07) is 23.1. The Labute approximate surface area is 257 Å². The molecule has 1 atom stereocenters. The van der Waals surface area contributed by atoms with Gasteiger partial charge in [-0.1, -0.05) is 0 Å². The minimum Gasteiger partial charge on any atom is -1.00 e. The molecule has 0 saturated carbocycles. The van der Waals surface area contributed by atoms with Crippen molar-refractivity contribution in [2.75, 3.05) is 0 Å². The molecule has 0 spiro atoms. The standard InChI is InChI=1S/C21H25.C12H11.C3H6.2ClH.Zr/c1-20(2,3)16-7-9-18-14(12-16)11-15-13-17(21(4,5)6)8-10-19(15)18;1-10-7-8-12(9-10)11-5-3-2-4-6-11;1-3-2;;;/h7-10,12H,11H2,1-6H3;2-6,8-10H,1H3;1-2H3;2*1H;/q;;;;;+2/p-2. The Bertz CT molecular complexity index is 1470. The molecule has 3 aromatic carbocycles. The fraction of sp³-hybridized carbons (Fsp3) is 0.361. The van der Waals surface area contributed by atoms with Crippen LogP contribution in [0.1, 0.15) is 90.1 Å². The summed E-state index contributed by atoms with van der Waals surface area (Å²) in [4.78, 5) is 0. The molecular weight excluding hydrogens is 595 g/mol. The van der Waals surface area contributed by atoms with Crippen molar-refractivity contribution in [2.45, 2.75) is 79.6 Å². The second-order valence-corrected chi connectivity index (χ2v) is 20.3. The molecule has 2 aliphatic carbocycles. The molecule has 0 radical (unpaired) electrons. The molecule has 0 N–H and O–H groups in total. The van der Waals surface area contributed by atoms with Crippen LogP contribution in [-0.4, -0.2) is 3.21 Å². The van der Waals surface area contributed by atoms with Crippen molar-refractivity contribution in [3.63, 3.8) is 0 Å². The van der Waals surface area contributed by atoms with Gasteiger partial charge in [0.15, 0.2) is 0 Å². The number of hydrogen-bond donors (Lipinski definition) is 0. The van der Waals surface area contributed by atoms with E-state index in [2.05, 4.69) is 135 Å². The van der Waals surface area contributed by atoms with Crippen LogP contribution in [0.3, 0.4) is 0 Å². The minimum atomic E-state index is -2.36. The summed E-state index contributed by atoms with van der Waals surface area (Å²) in [5.41, 5.74) is 12.1. The van der Waals surface area contributed by atoms with Gasteiger partial charge in [-0.15, -0.1) is 0 Å². The molecule has 0 aliphatic heterocycles. The van der Waals surface area contributed by atoms with Crippen LogP contribution in [0.5, 0.6) is 0 Å². The van der Waals surface area contributed by atoms with Gasteiger partial charge >= 0.3 is 234 Å². The normalized spacial score (nSPS) is 15.6. The quantitative estimate of drug-likeness (QED) is 0.325. The van der Waals surface area contributed by atoms with Crippen molar-refractivity contribution in [3.8, 4) is 11.1 Å². The predicted molar refractivity (Wildman–Crippen MR) is 160 cm³/mol. The second-order valence-electron chi connectivity index (χ2n) is 13.3. The molecule has 0 heterocycles. The van der Waals surface area contributed by atoms with Crippen LogP contribution >= 0.6 is 0 Å². The minimum absolute atomic E-state index is 0.